The fraction of sp³-hybridized carbons (Fsp3) is 0.286. The van der Waals surface area contributed by atoms with Crippen molar-refractivity contribution in [2.45, 2.75) is 0 Å². The number of carbonyl (C=O) groups excluding carboxylic acids is 1. The third-order valence-electron chi connectivity index (χ3n) is 3.09. The standard InChI is InChI=1S/C14H15BrFN5O3S/c1-21(9-3-4-11(16)10(15)7-9)14(20-23-8-22)12-13(19-24-18-12)17-5-6-25-2/h3-4,7-8H,5-6H2,1-2H3,(H,17,19)/b20-14-. The van der Waals surface area contributed by atoms with Crippen molar-refractivity contribution in [2.75, 3.05) is 35.8 Å². The highest BCUT2D eigenvalue weighted by Gasteiger charge is 2.22. The van der Waals surface area contributed by atoms with Gasteiger partial charge in [-0.15, -0.1) is 0 Å². The number of oxime groups is 1. The summed E-state index contributed by atoms with van der Waals surface area (Å²) in [6.07, 6.45) is 1.98. The fourth-order valence-electron chi connectivity index (χ4n) is 1.87. The number of nitrogens with zero attached hydrogens (tertiary/aromatic N) is 4. The van der Waals surface area contributed by atoms with Crippen molar-refractivity contribution in [3.63, 3.8) is 0 Å². The van der Waals surface area contributed by atoms with E-state index in [9.17, 15) is 9.18 Å². The van der Waals surface area contributed by atoms with Gasteiger partial charge in [-0.2, -0.15) is 11.8 Å². The van der Waals surface area contributed by atoms with Gasteiger partial charge in [0.2, 0.25) is 11.7 Å². The van der Waals surface area contributed by atoms with E-state index in [-0.39, 0.29) is 22.5 Å². The van der Waals surface area contributed by atoms with E-state index in [1.165, 1.54) is 6.07 Å². The van der Waals surface area contributed by atoms with Gasteiger partial charge in [0.05, 0.1) is 4.47 Å². The van der Waals surface area contributed by atoms with Crippen molar-refractivity contribution in [1.29, 1.82) is 0 Å². The van der Waals surface area contributed by atoms with Gasteiger partial charge >= 0.3 is 6.47 Å². The summed E-state index contributed by atoms with van der Waals surface area (Å²) >= 11 is 4.80. The van der Waals surface area contributed by atoms with E-state index in [2.05, 4.69) is 41.6 Å². The molecule has 0 spiro atoms. The lowest BCUT2D eigenvalue weighted by atomic mass is 10.2. The van der Waals surface area contributed by atoms with Crippen LogP contribution in [0.1, 0.15) is 5.69 Å². The maximum Gasteiger partial charge on any atom is 0.323 e. The van der Waals surface area contributed by atoms with Crippen LogP contribution in [-0.2, 0) is 9.63 Å². The molecule has 0 saturated heterocycles. The topological polar surface area (TPSA) is 92.9 Å². The van der Waals surface area contributed by atoms with E-state index in [4.69, 9.17) is 4.63 Å². The number of hydrogen-bond donors (Lipinski definition) is 1. The first kappa shape index (κ1) is 19.2. The Morgan fingerprint density at radius 1 is 1.56 bits per heavy atom. The van der Waals surface area contributed by atoms with Crippen LogP contribution in [-0.4, -0.2) is 48.2 Å². The number of anilines is 2. The molecule has 2 rings (SSSR count). The van der Waals surface area contributed by atoms with Crippen molar-refractivity contribution in [1.82, 2.24) is 10.3 Å². The molecule has 0 bridgehead atoms. The number of halogens is 2. The Balaban J connectivity index is 2.34. The Morgan fingerprint density at radius 3 is 3.04 bits per heavy atom. The summed E-state index contributed by atoms with van der Waals surface area (Å²) in [5.41, 5.74) is 0.838. The number of aromatic nitrogens is 2. The molecular weight excluding hydrogens is 417 g/mol. The molecular formula is C14H15BrFN5O3S. The Labute approximate surface area is 155 Å². The van der Waals surface area contributed by atoms with Crippen LogP contribution in [0, 0.1) is 5.82 Å². The lowest BCUT2D eigenvalue weighted by Gasteiger charge is -2.19. The van der Waals surface area contributed by atoms with Gasteiger partial charge in [-0.05, 0) is 50.7 Å². The number of carbonyl (C=O) groups is 1. The van der Waals surface area contributed by atoms with E-state index in [0.29, 0.717) is 18.1 Å². The molecule has 0 amide bonds. The Bertz CT molecular complexity index is 758. The number of rotatable bonds is 8. The molecule has 134 valence electrons. The summed E-state index contributed by atoms with van der Waals surface area (Å²) in [4.78, 5) is 16.6. The number of hydrogen-bond acceptors (Lipinski definition) is 8. The van der Waals surface area contributed by atoms with Crippen LogP contribution in [0.5, 0.6) is 0 Å². The van der Waals surface area contributed by atoms with Crippen molar-refractivity contribution in [2.24, 2.45) is 5.16 Å². The van der Waals surface area contributed by atoms with Gasteiger partial charge in [-0.3, -0.25) is 4.79 Å². The van der Waals surface area contributed by atoms with Gasteiger partial charge in [0.15, 0.2) is 5.69 Å². The largest absolute Gasteiger partial charge is 0.364 e. The molecule has 0 unspecified atom stereocenters. The van der Waals surface area contributed by atoms with Gasteiger partial charge < -0.3 is 15.1 Å². The summed E-state index contributed by atoms with van der Waals surface area (Å²) in [7, 11) is 1.66. The predicted octanol–water partition coefficient (Wildman–Crippen LogP) is 2.72. The first-order chi connectivity index (χ1) is 12.1. The molecule has 1 aromatic heterocycles. The zero-order valence-electron chi connectivity index (χ0n) is 13.4. The summed E-state index contributed by atoms with van der Waals surface area (Å²) in [5, 5.41) is 14.5. The normalized spacial score (nSPS) is 11.3. The molecule has 0 saturated carbocycles. The molecule has 0 fully saturated rings. The minimum Gasteiger partial charge on any atom is -0.364 e. The van der Waals surface area contributed by atoms with E-state index >= 15 is 0 Å². The monoisotopic (exact) mass is 431 g/mol. The molecule has 0 aliphatic rings. The Morgan fingerprint density at radius 2 is 2.36 bits per heavy atom. The van der Waals surface area contributed by atoms with Crippen molar-refractivity contribution in [3.05, 3.63) is 34.2 Å². The van der Waals surface area contributed by atoms with Crippen molar-refractivity contribution in [3.8, 4) is 0 Å². The van der Waals surface area contributed by atoms with Crippen molar-refractivity contribution < 1.29 is 18.7 Å². The molecule has 0 aliphatic heterocycles. The van der Waals surface area contributed by atoms with E-state index in [0.717, 1.165) is 5.75 Å². The smallest absolute Gasteiger partial charge is 0.323 e. The highest BCUT2D eigenvalue weighted by Crippen LogP contribution is 2.24. The quantitative estimate of drug-likeness (QED) is 0.170. The average molecular weight is 432 g/mol. The molecule has 25 heavy (non-hydrogen) atoms. The number of nitrogens with one attached hydrogen (secondary N) is 1. The third kappa shape index (κ3) is 4.92. The lowest BCUT2D eigenvalue weighted by Crippen LogP contribution is -2.29. The number of thioether (sulfide) groups is 1. The molecule has 11 heteroatoms. The van der Waals surface area contributed by atoms with Crippen LogP contribution in [0.3, 0.4) is 0 Å². The van der Waals surface area contributed by atoms with E-state index in [1.54, 1.807) is 35.8 Å². The third-order valence-corrected chi connectivity index (χ3v) is 4.31. The maximum atomic E-state index is 13.5. The second-order valence-corrected chi connectivity index (χ2v) is 6.49. The lowest BCUT2D eigenvalue weighted by molar-refractivity contribution is -0.128. The zero-order valence-corrected chi connectivity index (χ0v) is 15.8. The second kappa shape index (κ2) is 9.37. The first-order valence-corrected chi connectivity index (χ1v) is 9.19. The zero-order chi connectivity index (χ0) is 18.2. The molecule has 0 aliphatic carbocycles. The minimum absolute atomic E-state index is 0.165. The first-order valence-electron chi connectivity index (χ1n) is 7.00. The highest BCUT2D eigenvalue weighted by atomic mass is 79.9. The molecule has 1 aromatic carbocycles. The van der Waals surface area contributed by atoms with Crippen molar-refractivity contribution >= 4 is 51.5 Å². The molecule has 2 aromatic rings. The Kier molecular flexibility index (Phi) is 7.19. The van der Waals surface area contributed by atoms with Gasteiger partial charge in [-0.25, -0.2) is 9.02 Å². The second-order valence-electron chi connectivity index (χ2n) is 4.65. The van der Waals surface area contributed by atoms with Crippen LogP contribution >= 0.6 is 27.7 Å². The molecule has 0 atom stereocenters. The number of amidine groups is 1. The van der Waals surface area contributed by atoms with Gasteiger partial charge in [0.1, 0.15) is 5.82 Å². The predicted molar refractivity (Wildman–Crippen MR) is 97.4 cm³/mol. The van der Waals surface area contributed by atoms with Crippen LogP contribution < -0.4 is 10.2 Å². The van der Waals surface area contributed by atoms with Crippen LogP contribution in [0.25, 0.3) is 0 Å². The van der Waals surface area contributed by atoms with Crippen LogP contribution in [0.15, 0.2) is 32.5 Å². The van der Waals surface area contributed by atoms with Gasteiger partial charge in [-0.1, -0.05) is 5.16 Å². The van der Waals surface area contributed by atoms with E-state index < -0.39 is 5.82 Å². The van der Waals surface area contributed by atoms with Gasteiger partial charge in [0.25, 0.3) is 0 Å². The van der Waals surface area contributed by atoms with Crippen LogP contribution in [0.2, 0.25) is 0 Å². The molecule has 8 nitrogen and oxygen atoms in total. The molecule has 0 radical (unpaired) electrons. The fourth-order valence-corrected chi connectivity index (χ4v) is 2.55. The SMILES string of the molecule is CSCCNc1nonc1/C(=N/OC=O)N(C)c1ccc(F)c(Br)c1. The number of benzene rings is 1. The maximum absolute atomic E-state index is 13.5. The summed E-state index contributed by atoms with van der Waals surface area (Å²) in [6, 6.07) is 4.40. The molecule has 1 heterocycles. The summed E-state index contributed by atoms with van der Waals surface area (Å²) < 4.78 is 18.5. The molecule has 1 N–H and O–H groups in total. The summed E-state index contributed by atoms with van der Waals surface area (Å²) in [6.45, 7) is 0.818. The Hall–Kier alpha value is -2.14. The van der Waals surface area contributed by atoms with Gasteiger partial charge in [0, 0.05) is 25.0 Å². The van der Waals surface area contributed by atoms with E-state index in [1.807, 2.05) is 6.26 Å². The minimum atomic E-state index is -0.401. The van der Waals surface area contributed by atoms with Crippen LogP contribution in [0.4, 0.5) is 15.9 Å². The average Bonchev–Trinajstić information content (AvgIpc) is 3.06. The summed E-state index contributed by atoms with van der Waals surface area (Å²) in [5.74, 6) is 0.973. The highest BCUT2D eigenvalue weighted by molar-refractivity contribution is 9.10.